The molecule has 138 valence electrons. The van der Waals surface area contributed by atoms with Gasteiger partial charge in [-0.1, -0.05) is 0 Å². The van der Waals surface area contributed by atoms with Gasteiger partial charge in [0.1, 0.15) is 0 Å². The maximum Gasteiger partial charge on any atom is 0.232 e. The van der Waals surface area contributed by atoms with Crippen molar-refractivity contribution in [3.8, 4) is 0 Å². The van der Waals surface area contributed by atoms with Crippen LogP contribution in [0.4, 0.5) is 0 Å². The molecule has 1 unspecified atom stereocenters. The van der Waals surface area contributed by atoms with E-state index in [1.807, 2.05) is 21.9 Å². The Hall–Kier alpha value is -1.54. The highest BCUT2D eigenvalue weighted by Crippen LogP contribution is 2.23. The molecule has 7 nitrogen and oxygen atoms in total. The zero-order valence-corrected chi connectivity index (χ0v) is 15.5. The van der Waals surface area contributed by atoms with Crippen LogP contribution in [0.5, 0.6) is 0 Å². The molecule has 8 heteroatoms. The fourth-order valence-corrected chi connectivity index (χ4v) is 3.87. The van der Waals surface area contributed by atoms with E-state index in [-0.39, 0.29) is 17.9 Å². The third kappa shape index (κ3) is 4.76. The number of aromatic nitrogens is 2. The lowest BCUT2D eigenvalue weighted by Gasteiger charge is -2.33. The number of fused-ring (bicyclic) bond motifs is 1. The number of nitrogens with zero attached hydrogens (tertiary/aromatic N) is 3. The summed E-state index contributed by atoms with van der Waals surface area (Å²) in [6.07, 6.45) is 6.02. The van der Waals surface area contributed by atoms with Crippen molar-refractivity contribution in [3.63, 3.8) is 0 Å². The summed E-state index contributed by atoms with van der Waals surface area (Å²) in [4.78, 5) is 26.5. The van der Waals surface area contributed by atoms with Crippen LogP contribution in [0.3, 0.4) is 0 Å². The molecule has 1 aromatic rings. The minimum atomic E-state index is -0.0979. The highest BCUT2D eigenvalue weighted by atomic mass is 32.2. The van der Waals surface area contributed by atoms with Crippen molar-refractivity contribution in [2.24, 2.45) is 5.92 Å². The molecule has 0 aliphatic carbocycles. The monoisotopic (exact) mass is 366 g/mol. The number of hydrogen-bond donors (Lipinski definition) is 1. The van der Waals surface area contributed by atoms with E-state index in [0.29, 0.717) is 37.7 Å². The summed E-state index contributed by atoms with van der Waals surface area (Å²) in [6, 6.07) is 1.82. The first-order valence-electron chi connectivity index (χ1n) is 8.81. The fraction of sp³-hybridized carbons (Fsp3) is 0.706. The topological polar surface area (TPSA) is 76.5 Å². The number of carbonyl (C=O) groups is 2. The van der Waals surface area contributed by atoms with Gasteiger partial charge < -0.3 is 15.0 Å². The Labute approximate surface area is 152 Å². The summed E-state index contributed by atoms with van der Waals surface area (Å²) in [6.45, 7) is 3.38. The van der Waals surface area contributed by atoms with Gasteiger partial charge in [-0.2, -0.15) is 16.9 Å². The molecular formula is C17H26N4O3S. The van der Waals surface area contributed by atoms with Crippen LogP contribution in [0.15, 0.2) is 12.3 Å². The minimum absolute atomic E-state index is 0.0251. The molecule has 1 N–H and O–H groups in total. The van der Waals surface area contributed by atoms with Gasteiger partial charge in [0.25, 0.3) is 0 Å². The number of carbonyl (C=O) groups excluding carboxylic acids is 2. The van der Waals surface area contributed by atoms with Crippen LogP contribution in [-0.2, 0) is 20.9 Å². The number of amides is 2. The molecule has 0 saturated carbocycles. The largest absolute Gasteiger partial charge is 0.381 e. The Bertz CT molecular complexity index is 600. The smallest absolute Gasteiger partial charge is 0.232 e. The van der Waals surface area contributed by atoms with E-state index in [1.165, 1.54) is 11.8 Å². The minimum Gasteiger partial charge on any atom is -0.381 e. The molecule has 2 aliphatic heterocycles. The Balaban J connectivity index is 1.56. The highest BCUT2D eigenvalue weighted by Gasteiger charge is 2.29. The van der Waals surface area contributed by atoms with Crippen LogP contribution in [0.2, 0.25) is 0 Å². The van der Waals surface area contributed by atoms with Crippen molar-refractivity contribution in [1.82, 2.24) is 20.0 Å². The van der Waals surface area contributed by atoms with Crippen LogP contribution in [0.25, 0.3) is 0 Å². The zero-order valence-electron chi connectivity index (χ0n) is 14.6. The predicted molar refractivity (Wildman–Crippen MR) is 96.2 cm³/mol. The molecule has 3 rings (SSSR count). The van der Waals surface area contributed by atoms with Crippen molar-refractivity contribution in [3.05, 3.63) is 18.0 Å². The second-order valence-corrected chi connectivity index (χ2v) is 7.56. The number of ether oxygens (including phenoxy) is 1. The van der Waals surface area contributed by atoms with Crippen LogP contribution >= 0.6 is 11.8 Å². The van der Waals surface area contributed by atoms with Crippen LogP contribution < -0.4 is 5.32 Å². The first kappa shape index (κ1) is 18.3. The average molecular weight is 366 g/mol. The Morgan fingerprint density at radius 1 is 1.40 bits per heavy atom. The lowest BCUT2D eigenvalue weighted by Crippen LogP contribution is -2.44. The predicted octanol–water partition coefficient (Wildman–Crippen LogP) is 1.06. The van der Waals surface area contributed by atoms with E-state index < -0.39 is 0 Å². The summed E-state index contributed by atoms with van der Waals surface area (Å²) in [7, 11) is 0. The van der Waals surface area contributed by atoms with Gasteiger partial charge in [-0.25, -0.2) is 0 Å². The van der Waals surface area contributed by atoms with Gasteiger partial charge in [-0.15, -0.1) is 0 Å². The lowest BCUT2D eigenvalue weighted by atomic mass is 10.0. The molecule has 0 spiro atoms. The molecule has 1 atom stereocenters. The van der Waals surface area contributed by atoms with Gasteiger partial charge in [0.2, 0.25) is 11.8 Å². The molecule has 0 aromatic carbocycles. The first-order chi connectivity index (χ1) is 12.2. The Morgan fingerprint density at radius 3 is 2.96 bits per heavy atom. The summed E-state index contributed by atoms with van der Waals surface area (Å²) >= 11 is 1.52. The molecular weight excluding hydrogens is 340 g/mol. The van der Waals surface area contributed by atoms with Crippen LogP contribution in [-0.4, -0.2) is 64.8 Å². The maximum absolute atomic E-state index is 12.4. The van der Waals surface area contributed by atoms with Gasteiger partial charge in [0, 0.05) is 32.5 Å². The van der Waals surface area contributed by atoms with E-state index in [4.69, 9.17) is 4.74 Å². The molecule has 2 amide bonds. The average Bonchev–Trinajstić information content (AvgIpc) is 3.10. The molecule has 1 fully saturated rings. The first-order valence-corrected chi connectivity index (χ1v) is 10.2. The summed E-state index contributed by atoms with van der Waals surface area (Å²) < 4.78 is 7.25. The fourth-order valence-electron chi connectivity index (χ4n) is 3.44. The van der Waals surface area contributed by atoms with Crippen molar-refractivity contribution in [2.75, 3.05) is 38.3 Å². The normalized spacial score (nSPS) is 21.0. The molecule has 1 saturated heterocycles. The molecule has 1 aromatic heterocycles. The molecule has 0 radical (unpaired) electrons. The van der Waals surface area contributed by atoms with Gasteiger partial charge >= 0.3 is 0 Å². The number of nitrogens with one attached hydrogen (secondary N) is 1. The van der Waals surface area contributed by atoms with E-state index >= 15 is 0 Å². The lowest BCUT2D eigenvalue weighted by molar-refractivity contribution is -0.131. The van der Waals surface area contributed by atoms with Crippen molar-refractivity contribution < 1.29 is 14.3 Å². The van der Waals surface area contributed by atoms with Gasteiger partial charge in [0.05, 0.1) is 30.5 Å². The summed E-state index contributed by atoms with van der Waals surface area (Å²) in [5, 5.41) is 7.41. The maximum atomic E-state index is 12.4. The van der Waals surface area contributed by atoms with E-state index in [1.54, 1.807) is 6.20 Å². The van der Waals surface area contributed by atoms with Crippen molar-refractivity contribution in [2.45, 2.75) is 31.8 Å². The molecule has 25 heavy (non-hydrogen) atoms. The molecule has 0 bridgehead atoms. The van der Waals surface area contributed by atoms with Crippen molar-refractivity contribution in [1.29, 1.82) is 0 Å². The third-order valence-electron chi connectivity index (χ3n) is 4.85. The van der Waals surface area contributed by atoms with Gasteiger partial charge in [0.15, 0.2) is 0 Å². The van der Waals surface area contributed by atoms with Crippen molar-refractivity contribution >= 4 is 23.6 Å². The molecule has 2 aliphatic rings. The third-order valence-corrected chi connectivity index (χ3v) is 5.39. The van der Waals surface area contributed by atoms with E-state index in [2.05, 4.69) is 10.4 Å². The van der Waals surface area contributed by atoms with E-state index in [9.17, 15) is 9.59 Å². The van der Waals surface area contributed by atoms with Gasteiger partial charge in [-0.05, 0) is 31.1 Å². The summed E-state index contributed by atoms with van der Waals surface area (Å²) in [5.74, 6) is 1.12. The van der Waals surface area contributed by atoms with Crippen LogP contribution in [0, 0.1) is 5.92 Å². The Morgan fingerprint density at radius 2 is 2.20 bits per heavy atom. The Kier molecular flexibility index (Phi) is 6.36. The summed E-state index contributed by atoms with van der Waals surface area (Å²) in [5.41, 5.74) is 0.989. The molecule has 3 heterocycles. The number of thioether (sulfide) groups is 1. The SMILES string of the molecule is CSCC(=O)N1Cc2ccnn2C(CC(=O)NCC2CCOCC2)C1. The zero-order chi connectivity index (χ0) is 17.6. The second-order valence-electron chi connectivity index (χ2n) is 6.69. The number of hydrogen-bond acceptors (Lipinski definition) is 5. The van der Waals surface area contributed by atoms with Crippen LogP contribution in [0.1, 0.15) is 31.0 Å². The highest BCUT2D eigenvalue weighted by molar-refractivity contribution is 7.99. The number of rotatable bonds is 6. The van der Waals surface area contributed by atoms with E-state index in [0.717, 1.165) is 31.7 Å². The standard InChI is InChI=1S/C17H26N4O3S/c1-25-12-17(23)20-10-14-2-5-19-21(14)15(11-20)8-16(22)18-9-13-3-6-24-7-4-13/h2,5,13,15H,3-4,6-12H2,1H3,(H,18,22). The quantitative estimate of drug-likeness (QED) is 0.815. The second kappa shape index (κ2) is 8.71. The van der Waals surface area contributed by atoms with Gasteiger partial charge in [-0.3, -0.25) is 14.3 Å².